The fourth-order valence-electron chi connectivity index (χ4n) is 3.04. The maximum absolute atomic E-state index is 13.1. The first-order chi connectivity index (χ1) is 16.9. The van der Waals surface area contributed by atoms with Crippen LogP contribution >= 0.6 is 0 Å². The van der Waals surface area contributed by atoms with Gasteiger partial charge in [0, 0.05) is 13.0 Å². The Morgan fingerprint density at radius 1 is 0.917 bits per heavy atom. The summed E-state index contributed by atoms with van der Waals surface area (Å²) in [5, 5.41) is 25.2. The van der Waals surface area contributed by atoms with Gasteiger partial charge in [0.05, 0.1) is 12.5 Å². The van der Waals surface area contributed by atoms with Gasteiger partial charge in [-0.1, -0.05) is 30.3 Å². The molecule has 0 saturated carbocycles. The molecule has 0 aliphatic carbocycles. The van der Waals surface area contributed by atoms with Crippen molar-refractivity contribution in [1.82, 2.24) is 16.0 Å². The second-order valence-electron chi connectivity index (χ2n) is 8.03. The molecule has 36 heavy (non-hydrogen) atoms. The summed E-state index contributed by atoms with van der Waals surface area (Å²) in [6.45, 7) is 1.42. The first-order valence-corrected chi connectivity index (χ1v) is 11.1. The summed E-state index contributed by atoms with van der Waals surface area (Å²) >= 11 is 0. The number of aliphatic imine (C=N–C) groups is 1. The van der Waals surface area contributed by atoms with E-state index >= 15 is 0 Å². The van der Waals surface area contributed by atoms with Gasteiger partial charge in [-0.3, -0.25) is 29.0 Å². The predicted molar refractivity (Wildman–Crippen MR) is 129 cm³/mol. The van der Waals surface area contributed by atoms with E-state index in [4.69, 9.17) is 27.4 Å². The van der Waals surface area contributed by atoms with Gasteiger partial charge in [-0.25, -0.2) is 0 Å². The fraction of sp³-hybridized carbons (Fsp3) is 0.455. The molecule has 0 bridgehead atoms. The maximum atomic E-state index is 13.1. The molecule has 4 unspecified atom stereocenters. The number of aliphatic carboxylic acids is 2. The number of rotatable bonds is 15. The lowest BCUT2D eigenvalue weighted by molar-refractivity contribution is -0.141. The molecule has 0 aromatic heterocycles. The fourth-order valence-corrected chi connectivity index (χ4v) is 3.04. The number of nitrogens with two attached hydrogens (primary N) is 3. The highest BCUT2D eigenvalue weighted by Gasteiger charge is 2.29. The minimum atomic E-state index is -1.41. The van der Waals surface area contributed by atoms with Gasteiger partial charge in [0.15, 0.2) is 5.96 Å². The highest BCUT2D eigenvalue weighted by Crippen LogP contribution is 2.07. The number of nitrogens with one attached hydrogen (secondary N) is 3. The topological polar surface area (TPSA) is 252 Å². The highest BCUT2D eigenvalue weighted by atomic mass is 16.4. The van der Waals surface area contributed by atoms with E-state index in [1.165, 1.54) is 6.92 Å². The van der Waals surface area contributed by atoms with Crippen LogP contribution in [0.15, 0.2) is 35.3 Å². The molecule has 14 nitrogen and oxygen atoms in total. The normalized spacial score (nSPS) is 13.8. The molecule has 11 N–H and O–H groups in total. The van der Waals surface area contributed by atoms with Crippen LogP contribution in [0.1, 0.15) is 31.7 Å². The van der Waals surface area contributed by atoms with E-state index < -0.39 is 60.2 Å². The molecular weight excluding hydrogens is 474 g/mol. The van der Waals surface area contributed by atoms with Crippen molar-refractivity contribution in [3.8, 4) is 0 Å². The van der Waals surface area contributed by atoms with Crippen LogP contribution in [0, 0.1) is 0 Å². The monoisotopic (exact) mass is 507 g/mol. The summed E-state index contributed by atoms with van der Waals surface area (Å²) in [5.74, 6) is -5.08. The smallest absolute Gasteiger partial charge is 0.325 e. The molecule has 198 valence electrons. The molecule has 0 radical (unpaired) electrons. The first kappa shape index (κ1) is 29.8. The third-order valence-electron chi connectivity index (χ3n) is 4.95. The Balaban J connectivity index is 3.08. The number of carboxylic acids is 2. The number of guanidine groups is 1. The summed E-state index contributed by atoms with van der Waals surface area (Å²) in [4.78, 5) is 64.1. The van der Waals surface area contributed by atoms with Crippen molar-refractivity contribution >= 4 is 35.6 Å². The average Bonchev–Trinajstić information content (AvgIpc) is 2.80. The van der Waals surface area contributed by atoms with Crippen molar-refractivity contribution in [3.05, 3.63) is 35.9 Å². The average molecular weight is 508 g/mol. The van der Waals surface area contributed by atoms with E-state index in [2.05, 4.69) is 20.9 Å². The third-order valence-corrected chi connectivity index (χ3v) is 4.95. The van der Waals surface area contributed by atoms with Crippen LogP contribution in [-0.2, 0) is 30.4 Å². The van der Waals surface area contributed by atoms with Crippen molar-refractivity contribution in [2.75, 3.05) is 6.54 Å². The lowest BCUT2D eigenvalue weighted by Gasteiger charge is -2.24. The number of amides is 3. The number of hydrogen-bond acceptors (Lipinski definition) is 7. The molecule has 0 heterocycles. The molecular formula is C22H33N7O7. The minimum Gasteiger partial charge on any atom is -0.481 e. The highest BCUT2D eigenvalue weighted by molar-refractivity contribution is 5.94. The van der Waals surface area contributed by atoms with Crippen molar-refractivity contribution < 1.29 is 34.2 Å². The summed E-state index contributed by atoms with van der Waals surface area (Å²) in [5.41, 5.74) is 16.9. The molecule has 0 aliphatic rings. The molecule has 0 fully saturated rings. The Labute approximate surface area is 207 Å². The van der Waals surface area contributed by atoms with Crippen LogP contribution in [0.4, 0.5) is 0 Å². The molecule has 0 saturated heterocycles. The van der Waals surface area contributed by atoms with Gasteiger partial charge in [0.1, 0.15) is 18.1 Å². The second-order valence-corrected chi connectivity index (χ2v) is 8.03. The largest absolute Gasteiger partial charge is 0.481 e. The Bertz CT molecular complexity index is 951. The van der Waals surface area contributed by atoms with Crippen molar-refractivity contribution in [1.29, 1.82) is 0 Å². The summed E-state index contributed by atoms with van der Waals surface area (Å²) in [6.07, 6.45) is -0.312. The van der Waals surface area contributed by atoms with E-state index in [0.29, 0.717) is 5.56 Å². The van der Waals surface area contributed by atoms with Gasteiger partial charge in [0.25, 0.3) is 0 Å². The molecule has 1 rings (SSSR count). The minimum absolute atomic E-state index is 0.0396. The Hall–Kier alpha value is -4.20. The second kappa shape index (κ2) is 14.9. The number of nitrogens with zero attached hydrogens (tertiary/aromatic N) is 1. The number of carboxylic acid groups (broad SMARTS) is 2. The molecule has 3 amide bonds. The maximum Gasteiger partial charge on any atom is 0.325 e. The summed E-state index contributed by atoms with van der Waals surface area (Å²) in [7, 11) is 0. The number of carbonyl (C=O) groups is 5. The molecule has 1 aromatic carbocycles. The molecule has 1 aromatic rings. The van der Waals surface area contributed by atoms with E-state index in [-0.39, 0.29) is 31.8 Å². The lowest BCUT2D eigenvalue weighted by Crippen LogP contribution is -2.57. The van der Waals surface area contributed by atoms with Crippen LogP contribution < -0.4 is 33.2 Å². The standard InChI is InChI=1S/C22H33N7O7/c1-12(21(35)36)27-20(34)16(10-13-6-3-2-4-7-13)29-19(33)15(8-5-9-26-22(24)25)28-18(32)14(23)11-17(30)31/h2-4,6-7,12,14-16H,5,8-11,23H2,1H3,(H,27,34)(H,28,32)(H,29,33)(H,30,31)(H,35,36)(H4,24,25,26). The van der Waals surface area contributed by atoms with Gasteiger partial charge < -0.3 is 43.4 Å². The van der Waals surface area contributed by atoms with Crippen LogP contribution in [-0.4, -0.2) is 76.5 Å². The quantitative estimate of drug-likeness (QED) is 0.0712. The van der Waals surface area contributed by atoms with Gasteiger partial charge in [-0.15, -0.1) is 0 Å². The van der Waals surface area contributed by atoms with Crippen LogP contribution in [0.3, 0.4) is 0 Å². The Kier molecular flexibility index (Phi) is 12.4. The number of hydrogen-bond donors (Lipinski definition) is 8. The molecule has 0 spiro atoms. The molecule has 14 heteroatoms. The van der Waals surface area contributed by atoms with Crippen molar-refractivity contribution in [2.45, 2.75) is 56.8 Å². The lowest BCUT2D eigenvalue weighted by atomic mass is 10.0. The zero-order valence-electron chi connectivity index (χ0n) is 19.8. The van der Waals surface area contributed by atoms with Crippen molar-refractivity contribution in [3.63, 3.8) is 0 Å². The first-order valence-electron chi connectivity index (χ1n) is 11.1. The zero-order valence-corrected chi connectivity index (χ0v) is 19.8. The molecule has 4 atom stereocenters. The third kappa shape index (κ3) is 11.3. The predicted octanol–water partition coefficient (Wildman–Crippen LogP) is -2.36. The summed E-state index contributed by atoms with van der Waals surface area (Å²) < 4.78 is 0. The number of benzene rings is 1. The van der Waals surface area contributed by atoms with Gasteiger partial charge in [0.2, 0.25) is 17.7 Å². The van der Waals surface area contributed by atoms with E-state index in [1.54, 1.807) is 30.3 Å². The van der Waals surface area contributed by atoms with E-state index in [0.717, 1.165) is 0 Å². The van der Waals surface area contributed by atoms with Gasteiger partial charge in [-0.05, 0) is 25.3 Å². The van der Waals surface area contributed by atoms with Crippen LogP contribution in [0.2, 0.25) is 0 Å². The Morgan fingerprint density at radius 2 is 1.50 bits per heavy atom. The molecule has 0 aliphatic heterocycles. The van der Waals surface area contributed by atoms with Crippen molar-refractivity contribution in [2.24, 2.45) is 22.2 Å². The van der Waals surface area contributed by atoms with E-state index in [9.17, 15) is 24.0 Å². The summed E-state index contributed by atoms with van der Waals surface area (Å²) in [6, 6.07) is 3.71. The van der Waals surface area contributed by atoms with Crippen LogP contribution in [0.5, 0.6) is 0 Å². The van der Waals surface area contributed by atoms with Gasteiger partial charge in [-0.2, -0.15) is 0 Å². The van der Waals surface area contributed by atoms with Gasteiger partial charge >= 0.3 is 11.9 Å². The Morgan fingerprint density at radius 3 is 2.06 bits per heavy atom. The SMILES string of the molecule is CC(NC(=O)C(Cc1ccccc1)NC(=O)C(CCCN=C(N)N)NC(=O)C(N)CC(=O)O)C(=O)O. The number of carbonyl (C=O) groups excluding carboxylic acids is 3. The zero-order chi connectivity index (χ0) is 27.3. The van der Waals surface area contributed by atoms with E-state index in [1.807, 2.05) is 0 Å². The van der Waals surface area contributed by atoms with Crippen LogP contribution in [0.25, 0.3) is 0 Å².